The molecule has 1 atom stereocenters. The van der Waals surface area contributed by atoms with Crippen molar-refractivity contribution in [3.63, 3.8) is 0 Å². The van der Waals surface area contributed by atoms with E-state index in [1.165, 1.54) is 135 Å². The van der Waals surface area contributed by atoms with Gasteiger partial charge in [-0.1, -0.05) is 148 Å². The predicted molar refractivity (Wildman–Crippen MR) is 154 cm³/mol. The summed E-state index contributed by atoms with van der Waals surface area (Å²) in [4.78, 5) is 23.1. The van der Waals surface area contributed by atoms with Gasteiger partial charge in [0, 0.05) is 6.42 Å². The van der Waals surface area contributed by atoms with Crippen LogP contribution in [0.1, 0.15) is 174 Å². The summed E-state index contributed by atoms with van der Waals surface area (Å²) in [6.45, 7) is 2.73. The number of carboxylic acid groups (broad SMARTS) is 1. The van der Waals surface area contributed by atoms with Gasteiger partial charge in [-0.2, -0.15) is 0 Å². The Hall–Kier alpha value is -1.10. The van der Waals surface area contributed by atoms with Gasteiger partial charge < -0.3 is 16.2 Å². The third kappa shape index (κ3) is 26.0. The first-order valence-electron chi connectivity index (χ1n) is 15.8. The molecule has 0 heterocycles. The summed E-state index contributed by atoms with van der Waals surface area (Å²) in [5.74, 6) is -1.12. The van der Waals surface area contributed by atoms with E-state index in [2.05, 4.69) is 12.2 Å². The van der Waals surface area contributed by atoms with Crippen LogP contribution in [0.5, 0.6) is 0 Å². The van der Waals surface area contributed by atoms with Crippen molar-refractivity contribution in [1.29, 1.82) is 0 Å². The average molecular weight is 511 g/mol. The van der Waals surface area contributed by atoms with Crippen LogP contribution in [0, 0.1) is 0 Å². The first kappa shape index (κ1) is 34.9. The Kier molecular flexibility index (Phi) is 27.6. The molecule has 0 rings (SSSR count). The highest BCUT2D eigenvalue weighted by Gasteiger charge is 2.18. The van der Waals surface area contributed by atoms with Gasteiger partial charge in [-0.15, -0.1) is 0 Å². The molecule has 1 amide bonds. The van der Waals surface area contributed by atoms with E-state index in [4.69, 9.17) is 10.8 Å². The third-order valence-electron chi connectivity index (χ3n) is 7.34. The summed E-state index contributed by atoms with van der Waals surface area (Å²) in [7, 11) is 0. The van der Waals surface area contributed by atoms with Crippen molar-refractivity contribution in [3.05, 3.63) is 0 Å². The zero-order valence-corrected chi connectivity index (χ0v) is 24.0. The Morgan fingerprint density at radius 1 is 0.583 bits per heavy atom. The van der Waals surface area contributed by atoms with Crippen LogP contribution in [-0.4, -0.2) is 29.6 Å². The molecular formula is C31H62N2O3. The molecule has 0 spiro atoms. The Morgan fingerprint density at radius 2 is 0.917 bits per heavy atom. The Bertz CT molecular complexity index is 484. The highest BCUT2D eigenvalue weighted by Crippen LogP contribution is 2.15. The number of rotatable bonds is 29. The SMILES string of the molecule is CCCCCCCCCCCCCCCCCCCCCCCCCC(=O)N[C@@H](CCCN)C(=O)O. The lowest BCUT2D eigenvalue weighted by Crippen LogP contribution is -2.40. The molecule has 0 unspecified atom stereocenters. The van der Waals surface area contributed by atoms with Crippen LogP contribution < -0.4 is 11.1 Å². The molecule has 0 aliphatic heterocycles. The molecule has 0 saturated carbocycles. The van der Waals surface area contributed by atoms with E-state index < -0.39 is 12.0 Å². The first-order valence-corrected chi connectivity index (χ1v) is 15.8. The fourth-order valence-electron chi connectivity index (χ4n) is 4.92. The minimum atomic E-state index is -0.971. The van der Waals surface area contributed by atoms with E-state index in [1.807, 2.05) is 0 Å². The van der Waals surface area contributed by atoms with Crippen molar-refractivity contribution in [2.24, 2.45) is 5.73 Å². The van der Waals surface area contributed by atoms with Crippen molar-refractivity contribution in [2.75, 3.05) is 6.54 Å². The standard InChI is InChI=1S/C31H62N2O3/c1-2-3-4-5-6-7-8-9-10-11-12-13-14-15-16-17-18-19-20-21-22-23-24-27-30(34)33-29(31(35)36)26-25-28-32/h29H,2-28,32H2,1H3,(H,33,34)(H,35,36)/t29-/m0/s1. The van der Waals surface area contributed by atoms with Gasteiger partial charge in [0.15, 0.2) is 0 Å². The number of amides is 1. The number of carbonyl (C=O) groups excluding carboxylic acids is 1. The summed E-state index contributed by atoms with van der Waals surface area (Å²) in [5.41, 5.74) is 5.43. The molecule has 36 heavy (non-hydrogen) atoms. The third-order valence-corrected chi connectivity index (χ3v) is 7.34. The van der Waals surface area contributed by atoms with Crippen LogP contribution in [0.4, 0.5) is 0 Å². The first-order chi connectivity index (χ1) is 17.6. The number of nitrogens with one attached hydrogen (secondary N) is 1. The predicted octanol–water partition coefficient (Wildman–Crippen LogP) is 8.68. The van der Waals surface area contributed by atoms with Crippen LogP contribution in [0.15, 0.2) is 0 Å². The van der Waals surface area contributed by atoms with Gasteiger partial charge in [-0.25, -0.2) is 4.79 Å². The van der Waals surface area contributed by atoms with Crippen molar-refractivity contribution >= 4 is 11.9 Å². The molecule has 4 N–H and O–H groups in total. The molecule has 0 aromatic carbocycles. The minimum Gasteiger partial charge on any atom is -0.480 e. The van der Waals surface area contributed by atoms with E-state index in [0.717, 1.165) is 12.8 Å². The summed E-state index contributed by atoms with van der Waals surface area (Å²) < 4.78 is 0. The van der Waals surface area contributed by atoms with Crippen LogP contribution >= 0.6 is 0 Å². The molecule has 0 saturated heterocycles. The number of carboxylic acids is 1. The summed E-state index contributed by atoms with van der Waals surface area (Å²) in [5, 5.41) is 11.8. The van der Waals surface area contributed by atoms with Gasteiger partial charge in [0.2, 0.25) is 5.91 Å². The largest absolute Gasteiger partial charge is 0.480 e. The molecule has 0 radical (unpaired) electrons. The van der Waals surface area contributed by atoms with E-state index in [1.54, 1.807) is 0 Å². The maximum absolute atomic E-state index is 11.9. The molecule has 0 bridgehead atoms. The lowest BCUT2D eigenvalue weighted by molar-refractivity contribution is -0.142. The quantitative estimate of drug-likeness (QED) is 0.0877. The van der Waals surface area contributed by atoms with Crippen molar-refractivity contribution in [2.45, 2.75) is 180 Å². The van der Waals surface area contributed by atoms with Crippen molar-refractivity contribution in [1.82, 2.24) is 5.32 Å². The molecule has 214 valence electrons. The fourth-order valence-corrected chi connectivity index (χ4v) is 4.92. The maximum atomic E-state index is 11.9. The second kappa shape index (κ2) is 28.5. The zero-order chi connectivity index (χ0) is 26.5. The second-order valence-corrected chi connectivity index (χ2v) is 10.9. The normalized spacial score (nSPS) is 12.1. The number of carbonyl (C=O) groups is 2. The molecule has 5 nitrogen and oxygen atoms in total. The number of hydrogen-bond donors (Lipinski definition) is 3. The zero-order valence-electron chi connectivity index (χ0n) is 24.0. The molecule has 0 fully saturated rings. The van der Waals surface area contributed by atoms with Crippen LogP contribution in [0.3, 0.4) is 0 Å². The van der Waals surface area contributed by atoms with Gasteiger partial charge in [-0.05, 0) is 25.8 Å². The smallest absolute Gasteiger partial charge is 0.326 e. The van der Waals surface area contributed by atoms with Gasteiger partial charge in [-0.3, -0.25) is 4.79 Å². The van der Waals surface area contributed by atoms with Crippen LogP contribution in [0.25, 0.3) is 0 Å². The Morgan fingerprint density at radius 3 is 1.22 bits per heavy atom. The highest BCUT2D eigenvalue weighted by molar-refractivity contribution is 5.83. The summed E-state index contributed by atoms with van der Waals surface area (Å²) in [6, 6.07) is -0.800. The van der Waals surface area contributed by atoms with E-state index >= 15 is 0 Å². The monoisotopic (exact) mass is 510 g/mol. The van der Waals surface area contributed by atoms with Gasteiger partial charge in [0.25, 0.3) is 0 Å². The average Bonchev–Trinajstić information content (AvgIpc) is 2.86. The summed E-state index contributed by atoms with van der Waals surface area (Å²) in [6.07, 6.45) is 32.6. The lowest BCUT2D eigenvalue weighted by Gasteiger charge is -2.13. The van der Waals surface area contributed by atoms with Crippen LogP contribution in [0.2, 0.25) is 0 Å². The Labute approximate surface area is 224 Å². The molecule has 0 aromatic rings. The van der Waals surface area contributed by atoms with Crippen LogP contribution in [-0.2, 0) is 9.59 Å². The van der Waals surface area contributed by atoms with E-state index in [9.17, 15) is 9.59 Å². The number of hydrogen-bond acceptors (Lipinski definition) is 3. The minimum absolute atomic E-state index is 0.150. The molecule has 0 aliphatic carbocycles. The molecule has 5 heteroatoms. The van der Waals surface area contributed by atoms with E-state index in [0.29, 0.717) is 25.8 Å². The van der Waals surface area contributed by atoms with Crippen molar-refractivity contribution < 1.29 is 14.7 Å². The van der Waals surface area contributed by atoms with Gasteiger partial charge in [0.1, 0.15) is 6.04 Å². The maximum Gasteiger partial charge on any atom is 0.326 e. The second-order valence-electron chi connectivity index (χ2n) is 10.9. The molecular weight excluding hydrogens is 448 g/mol. The number of nitrogens with two attached hydrogens (primary N) is 1. The molecule has 0 aliphatic rings. The van der Waals surface area contributed by atoms with Gasteiger partial charge in [0.05, 0.1) is 0 Å². The van der Waals surface area contributed by atoms with Gasteiger partial charge >= 0.3 is 5.97 Å². The topological polar surface area (TPSA) is 92.4 Å². The number of unbranched alkanes of at least 4 members (excludes halogenated alkanes) is 22. The van der Waals surface area contributed by atoms with Crippen molar-refractivity contribution in [3.8, 4) is 0 Å². The Balaban J connectivity index is 3.25. The fraction of sp³-hybridized carbons (Fsp3) is 0.935. The van der Waals surface area contributed by atoms with E-state index in [-0.39, 0.29) is 5.91 Å². The summed E-state index contributed by atoms with van der Waals surface area (Å²) >= 11 is 0. The number of aliphatic carboxylic acids is 1. The lowest BCUT2D eigenvalue weighted by atomic mass is 10.0. The highest BCUT2D eigenvalue weighted by atomic mass is 16.4. The molecule has 0 aromatic heterocycles.